The molecule has 0 unspecified atom stereocenters. The van der Waals surface area contributed by atoms with E-state index in [0.717, 1.165) is 47.7 Å². The molecule has 1 aromatic heterocycles. The van der Waals surface area contributed by atoms with Gasteiger partial charge in [0, 0.05) is 12.1 Å². The molecule has 0 saturated heterocycles. The molecule has 168 valence electrons. The molecule has 4 rings (SSSR count). The van der Waals surface area contributed by atoms with Crippen LogP contribution < -0.4 is 15.5 Å². The van der Waals surface area contributed by atoms with Crippen molar-refractivity contribution in [3.63, 3.8) is 0 Å². The Kier molecular flexibility index (Phi) is 6.99. The van der Waals surface area contributed by atoms with Gasteiger partial charge >= 0.3 is 0 Å². The van der Waals surface area contributed by atoms with E-state index in [1.54, 1.807) is 0 Å². The lowest BCUT2D eigenvalue weighted by molar-refractivity contribution is -0.116. The number of fused-ring (bicyclic) bond motifs is 1. The molecular weight excluding hydrogens is 422 g/mol. The van der Waals surface area contributed by atoms with Gasteiger partial charge in [0.1, 0.15) is 11.0 Å². The third kappa shape index (κ3) is 4.60. The van der Waals surface area contributed by atoms with E-state index in [2.05, 4.69) is 34.8 Å². The number of amides is 1. The number of thioether (sulfide) groups is 1. The van der Waals surface area contributed by atoms with Crippen LogP contribution in [0.5, 0.6) is 5.75 Å². The van der Waals surface area contributed by atoms with Gasteiger partial charge in [0.2, 0.25) is 11.1 Å². The van der Waals surface area contributed by atoms with Gasteiger partial charge in [-0.15, -0.1) is 10.2 Å². The SMILES string of the molecule is CCCc1nnc2n1N[C@@H](c1ccc(OCC)cc1)[C@H](C(=O)Nc1ccccc1CC)S2. The predicted octanol–water partition coefficient (Wildman–Crippen LogP) is 4.59. The minimum atomic E-state index is -0.413. The molecule has 0 spiro atoms. The Hall–Kier alpha value is -3.00. The fraction of sp³-hybridized carbons (Fsp3) is 0.375. The molecule has 8 heteroatoms. The van der Waals surface area contributed by atoms with Crippen molar-refractivity contribution >= 4 is 23.4 Å². The molecule has 1 aliphatic heterocycles. The fourth-order valence-corrected chi connectivity index (χ4v) is 4.93. The molecule has 32 heavy (non-hydrogen) atoms. The minimum Gasteiger partial charge on any atom is -0.494 e. The highest BCUT2D eigenvalue weighted by Gasteiger charge is 2.38. The molecule has 2 atom stereocenters. The van der Waals surface area contributed by atoms with Crippen molar-refractivity contribution < 1.29 is 9.53 Å². The summed E-state index contributed by atoms with van der Waals surface area (Å²) >= 11 is 1.45. The average molecular weight is 452 g/mol. The Bertz CT molecular complexity index is 1070. The first-order valence-corrected chi connectivity index (χ1v) is 12.0. The number of carbonyl (C=O) groups is 1. The molecule has 0 bridgehead atoms. The summed E-state index contributed by atoms with van der Waals surface area (Å²) < 4.78 is 7.52. The van der Waals surface area contributed by atoms with Gasteiger partial charge in [0.05, 0.1) is 12.6 Å². The van der Waals surface area contributed by atoms with E-state index < -0.39 is 5.25 Å². The maximum Gasteiger partial charge on any atom is 0.240 e. The van der Waals surface area contributed by atoms with E-state index in [4.69, 9.17) is 4.74 Å². The standard InChI is InChI=1S/C24H29N5O2S/c1-4-9-20-26-27-24-29(20)28-21(17-12-14-18(15-13-17)31-6-3)22(32-24)23(30)25-19-11-8-7-10-16(19)5-2/h7-8,10-15,21-22,28H,4-6,9H2,1-3H3,(H,25,30)/t21-,22+/m0/s1. The quantitative estimate of drug-likeness (QED) is 0.521. The zero-order valence-corrected chi connectivity index (χ0v) is 19.5. The number of benzene rings is 2. The molecule has 2 aromatic carbocycles. The van der Waals surface area contributed by atoms with E-state index in [9.17, 15) is 4.79 Å². The molecule has 2 heterocycles. The van der Waals surface area contributed by atoms with E-state index in [0.29, 0.717) is 11.8 Å². The highest BCUT2D eigenvalue weighted by atomic mass is 32.2. The number of carbonyl (C=O) groups excluding carboxylic acids is 1. The molecule has 1 aliphatic rings. The van der Waals surface area contributed by atoms with Gasteiger partial charge < -0.3 is 15.5 Å². The maximum atomic E-state index is 13.5. The Morgan fingerprint density at radius 1 is 1.12 bits per heavy atom. The highest BCUT2D eigenvalue weighted by molar-refractivity contribution is 8.00. The maximum absolute atomic E-state index is 13.5. The zero-order valence-electron chi connectivity index (χ0n) is 18.7. The van der Waals surface area contributed by atoms with Crippen molar-refractivity contribution in [1.82, 2.24) is 14.9 Å². The predicted molar refractivity (Wildman–Crippen MR) is 128 cm³/mol. The van der Waals surface area contributed by atoms with Gasteiger partial charge in [0.15, 0.2) is 5.82 Å². The molecule has 0 aliphatic carbocycles. The van der Waals surface area contributed by atoms with Gasteiger partial charge in [-0.25, -0.2) is 4.68 Å². The summed E-state index contributed by atoms with van der Waals surface area (Å²) in [5.74, 6) is 1.63. The molecule has 0 saturated carbocycles. The van der Waals surface area contributed by atoms with Crippen LogP contribution in [0, 0.1) is 0 Å². The first kappa shape index (κ1) is 22.2. The van der Waals surface area contributed by atoms with Crippen LogP contribution >= 0.6 is 11.8 Å². The van der Waals surface area contributed by atoms with Crippen LogP contribution in [-0.4, -0.2) is 32.6 Å². The first-order valence-electron chi connectivity index (χ1n) is 11.1. The lowest BCUT2D eigenvalue weighted by Gasteiger charge is -2.33. The minimum absolute atomic E-state index is 0.0615. The van der Waals surface area contributed by atoms with E-state index in [1.807, 2.05) is 60.1 Å². The van der Waals surface area contributed by atoms with Crippen LogP contribution in [0.1, 0.15) is 50.2 Å². The van der Waals surface area contributed by atoms with Crippen LogP contribution in [0.25, 0.3) is 0 Å². The second kappa shape index (κ2) is 10.1. The number of hydrogen-bond acceptors (Lipinski definition) is 6. The Morgan fingerprint density at radius 2 is 1.91 bits per heavy atom. The van der Waals surface area contributed by atoms with Crippen molar-refractivity contribution in [3.8, 4) is 5.75 Å². The zero-order chi connectivity index (χ0) is 22.5. The number of aryl methyl sites for hydroxylation is 2. The molecule has 7 nitrogen and oxygen atoms in total. The summed E-state index contributed by atoms with van der Waals surface area (Å²) in [5, 5.41) is 12.1. The number of anilines is 1. The summed E-state index contributed by atoms with van der Waals surface area (Å²) in [6.45, 7) is 6.78. The topological polar surface area (TPSA) is 81.1 Å². The number of hydrogen-bond donors (Lipinski definition) is 2. The molecule has 0 radical (unpaired) electrons. The highest BCUT2D eigenvalue weighted by Crippen LogP contribution is 2.38. The fourth-order valence-electron chi connectivity index (χ4n) is 3.83. The Morgan fingerprint density at radius 3 is 2.62 bits per heavy atom. The number of nitrogens with one attached hydrogen (secondary N) is 2. The summed E-state index contributed by atoms with van der Waals surface area (Å²) in [7, 11) is 0. The van der Waals surface area contributed by atoms with Crippen molar-refractivity contribution in [2.75, 3.05) is 17.3 Å². The first-order chi connectivity index (χ1) is 15.6. The van der Waals surface area contributed by atoms with Crippen LogP contribution in [0.4, 0.5) is 5.69 Å². The second-order valence-corrected chi connectivity index (χ2v) is 8.74. The van der Waals surface area contributed by atoms with Crippen molar-refractivity contribution in [2.24, 2.45) is 0 Å². The number of para-hydroxylation sites is 1. The number of aromatic nitrogens is 3. The van der Waals surface area contributed by atoms with Gasteiger partial charge in [-0.05, 0) is 49.1 Å². The largest absolute Gasteiger partial charge is 0.494 e. The Balaban J connectivity index is 1.66. The Labute approximate surface area is 192 Å². The second-order valence-electron chi connectivity index (χ2n) is 7.63. The molecular formula is C24H29N5O2S. The van der Waals surface area contributed by atoms with E-state index in [-0.39, 0.29) is 11.9 Å². The summed E-state index contributed by atoms with van der Waals surface area (Å²) in [4.78, 5) is 13.5. The van der Waals surface area contributed by atoms with Gasteiger partial charge in [-0.3, -0.25) is 4.79 Å². The lowest BCUT2D eigenvalue weighted by Crippen LogP contribution is -2.41. The number of ether oxygens (including phenoxy) is 1. The lowest BCUT2D eigenvalue weighted by atomic mass is 10.0. The molecule has 3 aromatic rings. The summed E-state index contributed by atoms with van der Waals surface area (Å²) in [6, 6.07) is 15.6. The average Bonchev–Trinajstić information content (AvgIpc) is 3.21. The van der Waals surface area contributed by atoms with Crippen molar-refractivity contribution in [1.29, 1.82) is 0 Å². The summed E-state index contributed by atoms with van der Waals surface area (Å²) in [5.41, 5.74) is 6.48. The molecule has 1 amide bonds. The smallest absolute Gasteiger partial charge is 0.240 e. The van der Waals surface area contributed by atoms with Crippen LogP contribution in [-0.2, 0) is 17.6 Å². The van der Waals surface area contributed by atoms with Gasteiger partial charge in [-0.2, -0.15) is 0 Å². The van der Waals surface area contributed by atoms with Crippen LogP contribution in [0.2, 0.25) is 0 Å². The van der Waals surface area contributed by atoms with Crippen molar-refractivity contribution in [2.45, 2.75) is 56.5 Å². The van der Waals surface area contributed by atoms with Gasteiger partial charge in [0.25, 0.3) is 0 Å². The number of nitrogens with zero attached hydrogens (tertiary/aromatic N) is 3. The van der Waals surface area contributed by atoms with Crippen molar-refractivity contribution in [3.05, 3.63) is 65.5 Å². The van der Waals surface area contributed by atoms with E-state index in [1.165, 1.54) is 11.8 Å². The van der Waals surface area contributed by atoms with Gasteiger partial charge in [-0.1, -0.05) is 55.9 Å². The summed E-state index contributed by atoms with van der Waals surface area (Å²) in [6.07, 6.45) is 2.64. The number of rotatable bonds is 8. The monoisotopic (exact) mass is 451 g/mol. The molecule has 0 fully saturated rings. The third-order valence-electron chi connectivity index (χ3n) is 5.44. The van der Waals surface area contributed by atoms with E-state index >= 15 is 0 Å². The third-order valence-corrected chi connectivity index (χ3v) is 6.66. The molecule has 2 N–H and O–H groups in total. The van der Waals surface area contributed by atoms with Crippen LogP contribution in [0.3, 0.4) is 0 Å². The normalized spacial score (nSPS) is 17.3. The van der Waals surface area contributed by atoms with Crippen LogP contribution in [0.15, 0.2) is 53.7 Å².